The number of aromatic nitrogens is 2. The highest BCUT2D eigenvalue weighted by Crippen LogP contribution is 2.35. The quantitative estimate of drug-likeness (QED) is 0.711. The summed E-state index contributed by atoms with van der Waals surface area (Å²) in [6.45, 7) is 2.06. The molecule has 0 aliphatic rings. The molecule has 0 radical (unpaired) electrons. The maximum Gasteiger partial charge on any atom is 0.148 e. The van der Waals surface area contributed by atoms with Gasteiger partial charge in [0, 0.05) is 28.4 Å². The van der Waals surface area contributed by atoms with Crippen LogP contribution >= 0.6 is 15.9 Å². The molecular weight excluding hydrogens is 304 g/mol. The molecule has 0 unspecified atom stereocenters. The van der Waals surface area contributed by atoms with Gasteiger partial charge in [-0.05, 0) is 52.7 Å². The Bertz CT molecular complexity index is 735. The van der Waals surface area contributed by atoms with E-state index in [0.717, 1.165) is 32.4 Å². The summed E-state index contributed by atoms with van der Waals surface area (Å²) >= 11 is 3.56. The molecule has 0 atom stereocenters. The Morgan fingerprint density at radius 1 is 1.21 bits per heavy atom. The Labute approximate surface area is 120 Å². The number of halogens is 1. The number of benzene rings is 1. The molecule has 3 aromatic rings. The van der Waals surface area contributed by atoms with Gasteiger partial charge in [0.25, 0.3) is 0 Å². The average Bonchev–Trinajstić information content (AvgIpc) is 2.93. The summed E-state index contributed by atoms with van der Waals surface area (Å²) in [6.07, 6.45) is 5.79. The SMILES string of the molecule is COc1cc(C)cc2c(Br)cnc(-n3cccc3)c12. The maximum atomic E-state index is 5.53. The number of ether oxygens (including phenoxy) is 1. The number of hydrogen-bond acceptors (Lipinski definition) is 2. The largest absolute Gasteiger partial charge is 0.496 e. The summed E-state index contributed by atoms with van der Waals surface area (Å²) in [4.78, 5) is 4.52. The first-order valence-corrected chi connectivity index (χ1v) is 6.76. The standard InChI is InChI=1S/C15H13BrN2O/c1-10-7-11-12(16)9-17-15(18-5-3-4-6-18)14(11)13(8-10)19-2/h3-9H,1-2H3. The molecule has 19 heavy (non-hydrogen) atoms. The van der Waals surface area contributed by atoms with Crippen LogP contribution in [0.15, 0.2) is 47.3 Å². The van der Waals surface area contributed by atoms with E-state index < -0.39 is 0 Å². The van der Waals surface area contributed by atoms with Crippen LogP contribution in [-0.4, -0.2) is 16.7 Å². The first kappa shape index (κ1) is 12.2. The first-order chi connectivity index (χ1) is 9.20. The number of fused-ring (bicyclic) bond motifs is 1. The predicted octanol–water partition coefficient (Wildman–Crippen LogP) is 4.11. The molecule has 3 nitrogen and oxygen atoms in total. The molecule has 0 spiro atoms. The van der Waals surface area contributed by atoms with Crippen LogP contribution in [0.5, 0.6) is 5.75 Å². The van der Waals surface area contributed by atoms with Crippen LogP contribution in [0.3, 0.4) is 0 Å². The van der Waals surface area contributed by atoms with Gasteiger partial charge in [-0.15, -0.1) is 0 Å². The van der Waals surface area contributed by atoms with E-state index >= 15 is 0 Å². The number of hydrogen-bond donors (Lipinski definition) is 0. The summed E-state index contributed by atoms with van der Waals surface area (Å²) in [7, 11) is 1.69. The van der Waals surface area contributed by atoms with Crippen LogP contribution in [0.1, 0.15) is 5.56 Å². The van der Waals surface area contributed by atoms with Gasteiger partial charge in [-0.25, -0.2) is 4.98 Å². The van der Waals surface area contributed by atoms with Crippen molar-refractivity contribution in [1.29, 1.82) is 0 Å². The minimum Gasteiger partial charge on any atom is -0.496 e. The Morgan fingerprint density at radius 2 is 1.95 bits per heavy atom. The molecule has 0 saturated carbocycles. The molecule has 0 aliphatic carbocycles. The molecule has 0 fully saturated rings. The number of pyridine rings is 1. The smallest absolute Gasteiger partial charge is 0.148 e. The van der Waals surface area contributed by atoms with Crippen LogP contribution in [-0.2, 0) is 0 Å². The number of rotatable bonds is 2. The van der Waals surface area contributed by atoms with E-state index in [1.54, 1.807) is 7.11 Å². The van der Waals surface area contributed by atoms with Gasteiger partial charge in [-0.1, -0.05) is 0 Å². The second kappa shape index (κ2) is 4.70. The highest BCUT2D eigenvalue weighted by atomic mass is 79.9. The van der Waals surface area contributed by atoms with Crippen molar-refractivity contribution in [3.05, 3.63) is 52.9 Å². The van der Waals surface area contributed by atoms with Crippen LogP contribution in [0.25, 0.3) is 16.6 Å². The number of aryl methyl sites for hydroxylation is 1. The third-order valence-corrected chi connectivity index (χ3v) is 3.73. The summed E-state index contributed by atoms with van der Waals surface area (Å²) in [5, 5.41) is 2.12. The molecule has 4 heteroatoms. The van der Waals surface area contributed by atoms with Crippen molar-refractivity contribution in [1.82, 2.24) is 9.55 Å². The second-order valence-electron chi connectivity index (χ2n) is 4.41. The van der Waals surface area contributed by atoms with Gasteiger partial charge in [-0.3, -0.25) is 0 Å². The van der Waals surface area contributed by atoms with Gasteiger partial charge in [0.2, 0.25) is 0 Å². The molecule has 2 aromatic heterocycles. The van der Waals surface area contributed by atoms with E-state index in [0.29, 0.717) is 0 Å². The Hall–Kier alpha value is -1.81. The first-order valence-electron chi connectivity index (χ1n) is 5.97. The van der Waals surface area contributed by atoms with Crippen molar-refractivity contribution in [3.63, 3.8) is 0 Å². The van der Waals surface area contributed by atoms with E-state index in [4.69, 9.17) is 4.74 Å². The van der Waals surface area contributed by atoms with Crippen LogP contribution in [0.4, 0.5) is 0 Å². The Balaban J connectivity index is 2.44. The van der Waals surface area contributed by atoms with Crippen LogP contribution in [0.2, 0.25) is 0 Å². The van der Waals surface area contributed by atoms with Gasteiger partial charge in [0.05, 0.1) is 12.5 Å². The maximum absolute atomic E-state index is 5.53. The molecule has 1 aromatic carbocycles. The minimum absolute atomic E-state index is 0.840. The molecule has 3 rings (SSSR count). The molecule has 2 heterocycles. The summed E-state index contributed by atoms with van der Waals surface area (Å²) in [5.74, 6) is 1.72. The van der Waals surface area contributed by atoms with Crippen molar-refractivity contribution in [3.8, 4) is 11.6 Å². The van der Waals surface area contributed by atoms with Crippen molar-refractivity contribution in [2.24, 2.45) is 0 Å². The lowest BCUT2D eigenvalue weighted by atomic mass is 10.1. The van der Waals surface area contributed by atoms with Crippen LogP contribution in [0, 0.1) is 6.92 Å². The topological polar surface area (TPSA) is 27.1 Å². The lowest BCUT2D eigenvalue weighted by molar-refractivity contribution is 0.419. The zero-order valence-corrected chi connectivity index (χ0v) is 12.3. The lowest BCUT2D eigenvalue weighted by Gasteiger charge is -2.13. The van der Waals surface area contributed by atoms with Gasteiger partial charge in [0.15, 0.2) is 0 Å². The summed E-state index contributed by atoms with van der Waals surface area (Å²) in [6, 6.07) is 8.13. The number of methoxy groups -OCH3 is 1. The van der Waals surface area contributed by atoms with Gasteiger partial charge < -0.3 is 9.30 Å². The molecular formula is C15H13BrN2O. The van der Waals surface area contributed by atoms with Crippen molar-refractivity contribution >= 4 is 26.7 Å². The molecule has 96 valence electrons. The molecule has 0 bridgehead atoms. The van der Waals surface area contributed by atoms with E-state index in [2.05, 4.69) is 33.9 Å². The zero-order chi connectivity index (χ0) is 13.4. The summed E-state index contributed by atoms with van der Waals surface area (Å²) < 4.78 is 8.49. The molecule has 0 saturated heterocycles. The second-order valence-corrected chi connectivity index (χ2v) is 5.26. The van der Waals surface area contributed by atoms with Gasteiger partial charge in [0.1, 0.15) is 11.6 Å². The fourth-order valence-corrected chi connectivity index (χ4v) is 2.67. The zero-order valence-electron chi connectivity index (χ0n) is 10.7. The fourth-order valence-electron chi connectivity index (χ4n) is 2.26. The van der Waals surface area contributed by atoms with E-state index in [9.17, 15) is 0 Å². The molecule has 0 N–H and O–H groups in total. The van der Waals surface area contributed by atoms with Gasteiger partial charge >= 0.3 is 0 Å². The van der Waals surface area contributed by atoms with Crippen molar-refractivity contribution in [2.75, 3.05) is 7.11 Å². The minimum atomic E-state index is 0.840. The highest BCUT2D eigenvalue weighted by Gasteiger charge is 2.13. The molecule has 0 amide bonds. The van der Waals surface area contributed by atoms with Crippen molar-refractivity contribution in [2.45, 2.75) is 6.92 Å². The monoisotopic (exact) mass is 316 g/mol. The van der Waals surface area contributed by atoms with Crippen molar-refractivity contribution < 1.29 is 4.74 Å². The van der Waals surface area contributed by atoms with E-state index in [1.807, 2.05) is 41.4 Å². The predicted molar refractivity (Wildman–Crippen MR) is 80.1 cm³/mol. The average molecular weight is 317 g/mol. The summed E-state index contributed by atoms with van der Waals surface area (Å²) in [5.41, 5.74) is 1.16. The third-order valence-electron chi connectivity index (χ3n) is 3.10. The number of nitrogens with zero attached hydrogens (tertiary/aromatic N) is 2. The lowest BCUT2D eigenvalue weighted by Crippen LogP contribution is -1.98. The van der Waals surface area contributed by atoms with E-state index in [1.165, 1.54) is 0 Å². The third kappa shape index (κ3) is 2.02. The van der Waals surface area contributed by atoms with E-state index in [-0.39, 0.29) is 0 Å². The molecule has 0 aliphatic heterocycles. The van der Waals surface area contributed by atoms with Crippen LogP contribution < -0.4 is 4.74 Å². The normalized spacial score (nSPS) is 10.9. The van der Waals surface area contributed by atoms with Gasteiger partial charge in [-0.2, -0.15) is 0 Å². The fraction of sp³-hybridized carbons (Fsp3) is 0.133. The Kier molecular flexibility index (Phi) is 3.03. The highest BCUT2D eigenvalue weighted by molar-refractivity contribution is 9.10. The Morgan fingerprint density at radius 3 is 2.63 bits per heavy atom.